The molecular weight excluding hydrogens is 232 g/mol. The molecule has 0 amide bonds. The van der Waals surface area contributed by atoms with Crippen LogP contribution in [-0.4, -0.2) is 13.2 Å². The minimum Gasteiger partial charge on any atom is -0.364 e. The van der Waals surface area contributed by atoms with Crippen LogP contribution >= 0.6 is 0 Å². The SMILES string of the molecule is CN(c1ccccc1)C1Nc2ccccc2C1(C)C. The Labute approximate surface area is 115 Å². The maximum Gasteiger partial charge on any atom is 0.108 e. The number of nitrogens with zero attached hydrogens (tertiary/aromatic N) is 1. The van der Waals surface area contributed by atoms with Crippen molar-refractivity contribution in [1.82, 2.24) is 0 Å². The van der Waals surface area contributed by atoms with E-state index in [-0.39, 0.29) is 11.6 Å². The van der Waals surface area contributed by atoms with E-state index in [4.69, 9.17) is 0 Å². The van der Waals surface area contributed by atoms with Crippen molar-refractivity contribution in [2.24, 2.45) is 0 Å². The summed E-state index contributed by atoms with van der Waals surface area (Å²) in [4.78, 5) is 2.32. The Kier molecular flexibility index (Phi) is 2.74. The molecule has 1 aliphatic rings. The summed E-state index contributed by atoms with van der Waals surface area (Å²) in [6.45, 7) is 4.60. The van der Waals surface area contributed by atoms with Gasteiger partial charge < -0.3 is 10.2 Å². The molecule has 1 heterocycles. The molecule has 3 rings (SSSR count). The van der Waals surface area contributed by atoms with Gasteiger partial charge in [-0.15, -0.1) is 0 Å². The van der Waals surface area contributed by atoms with Gasteiger partial charge in [-0.25, -0.2) is 0 Å². The van der Waals surface area contributed by atoms with E-state index in [1.165, 1.54) is 16.9 Å². The maximum absolute atomic E-state index is 3.65. The largest absolute Gasteiger partial charge is 0.364 e. The second kappa shape index (κ2) is 4.30. The lowest BCUT2D eigenvalue weighted by molar-refractivity contribution is 0.454. The zero-order valence-corrected chi connectivity index (χ0v) is 11.7. The van der Waals surface area contributed by atoms with Crippen LogP contribution in [0.3, 0.4) is 0 Å². The lowest BCUT2D eigenvalue weighted by Gasteiger charge is -2.36. The number of benzene rings is 2. The normalized spacial score (nSPS) is 19.6. The van der Waals surface area contributed by atoms with E-state index in [0.717, 1.165) is 0 Å². The first kappa shape index (κ1) is 12.1. The average molecular weight is 252 g/mol. The van der Waals surface area contributed by atoms with Crippen LogP contribution < -0.4 is 10.2 Å². The van der Waals surface area contributed by atoms with E-state index in [1.54, 1.807) is 0 Å². The molecule has 98 valence electrons. The number of para-hydroxylation sites is 2. The van der Waals surface area contributed by atoms with Gasteiger partial charge in [-0.05, 0) is 23.8 Å². The minimum absolute atomic E-state index is 0.0845. The summed E-state index contributed by atoms with van der Waals surface area (Å²) in [5.41, 5.74) is 3.96. The number of nitrogens with one attached hydrogen (secondary N) is 1. The van der Waals surface area contributed by atoms with Crippen molar-refractivity contribution in [1.29, 1.82) is 0 Å². The molecule has 0 saturated heterocycles. The van der Waals surface area contributed by atoms with Crippen LogP contribution in [0.15, 0.2) is 54.6 Å². The Morgan fingerprint density at radius 3 is 2.26 bits per heavy atom. The molecule has 19 heavy (non-hydrogen) atoms. The Morgan fingerprint density at radius 1 is 0.947 bits per heavy atom. The zero-order chi connectivity index (χ0) is 13.5. The summed E-state index contributed by atoms with van der Waals surface area (Å²) in [6.07, 6.45) is 0.271. The minimum atomic E-state index is 0.0845. The van der Waals surface area contributed by atoms with Gasteiger partial charge in [0.1, 0.15) is 6.17 Å². The Bertz CT molecular complexity index is 575. The number of hydrogen-bond donors (Lipinski definition) is 1. The highest BCUT2D eigenvalue weighted by Crippen LogP contribution is 2.42. The molecule has 0 fully saturated rings. The summed E-state index contributed by atoms with van der Waals surface area (Å²) >= 11 is 0. The number of rotatable bonds is 2. The van der Waals surface area contributed by atoms with Gasteiger partial charge in [0.05, 0.1) is 0 Å². The Balaban J connectivity index is 1.96. The molecular formula is C17H20N2. The molecule has 0 spiro atoms. The number of likely N-dealkylation sites (N-methyl/N-ethyl adjacent to an activating group) is 1. The van der Waals surface area contributed by atoms with E-state index in [9.17, 15) is 0 Å². The van der Waals surface area contributed by atoms with Crippen molar-refractivity contribution < 1.29 is 0 Å². The van der Waals surface area contributed by atoms with Crippen LogP contribution in [-0.2, 0) is 5.41 Å². The third-order valence-electron chi connectivity index (χ3n) is 4.15. The first-order valence-corrected chi connectivity index (χ1v) is 6.74. The van der Waals surface area contributed by atoms with Crippen molar-refractivity contribution in [3.63, 3.8) is 0 Å². The van der Waals surface area contributed by atoms with Crippen LogP contribution in [0.1, 0.15) is 19.4 Å². The van der Waals surface area contributed by atoms with Crippen LogP contribution in [0.5, 0.6) is 0 Å². The number of fused-ring (bicyclic) bond motifs is 1. The van der Waals surface area contributed by atoms with Gasteiger partial charge in [0.15, 0.2) is 0 Å². The van der Waals surface area contributed by atoms with Gasteiger partial charge in [-0.1, -0.05) is 50.2 Å². The van der Waals surface area contributed by atoms with Crippen LogP contribution in [0.4, 0.5) is 11.4 Å². The second-order valence-electron chi connectivity index (χ2n) is 5.76. The molecule has 2 heteroatoms. The van der Waals surface area contributed by atoms with Crippen molar-refractivity contribution in [3.8, 4) is 0 Å². The smallest absolute Gasteiger partial charge is 0.108 e. The molecule has 0 aliphatic carbocycles. The summed E-state index contributed by atoms with van der Waals surface area (Å²) in [5.74, 6) is 0. The monoisotopic (exact) mass is 252 g/mol. The fraction of sp³-hybridized carbons (Fsp3) is 0.294. The molecule has 1 unspecified atom stereocenters. The molecule has 0 aromatic heterocycles. The Morgan fingerprint density at radius 2 is 1.58 bits per heavy atom. The average Bonchev–Trinajstić information content (AvgIpc) is 2.71. The van der Waals surface area contributed by atoms with Gasteiger partial charge in [-0.3, -0.25) is 0 Å². The second-order valence-corrected chi connectivity index (χ2v) is 5.76. The Hall–Kier alpha value is -1.96. The lowest BCUT2D eigenvalue weighted by Crippen LogP contribution is -2.46. The number of hydrogen-bond acceptors (Lipinski definition) is 2. The van der Waals surface area contributed by atoms with Gasteiger partial charge in [0, 0.05) is 23.8 Å². The third-order valence-corrected chi connectivity index (χ3v) is 4.15. The molecule has 0 saturated carbocycles. The summed E-state index contributed by atoms with van der Waals surface area (Å²) in [6, 6.07) is 19.1. The molecule has 1 atom stereocenters. The van der Waals surface area contributed by atoms with E-state index >= 15 is 0 Å². The molecule has 0 bridgehead atoms. The topological polar surface area (TPSA) is 15.3 Å². The highest BCUT2D eigenvalue weighted by atomic mass is 15.3. The molecule has 2 nitrogen and oxygen atoms in total. The molecule has 2 aromatic carbocycles. The highest BCUT2D eigenvalue weighted by molar-refractivity contribution is 5.64. The fourth-order valence-corrected chi connectivity index (χ4v) is 3.04. The van der Waals surface area contributed by atoms with Crippen molar-refractivity contribution in [2.45, 2.75) is 25.4 Å². The van der Waals surface area contributed by atoms with Crippen molar-refractivity contribution in [2.75, 3.05) is 17.3 Å². The van der Waals surface area contributed by atoms with E-state index in [2.05, 4.69) is 85.7 Å². The molecule has 2 aromatic rings. The van der Waals surface area contributed by atoms with Crippen molar-refractivity contribution >= 4 is 11.4 Å². The predicted octanol–water partition coefficient (Wildman–Crippen LogP) is 3.85. The predicted molar refractivity (Wildman–Crippen MR) is 81.7 cm³/mol. The van der Waals surface area contributed by atoms with Crippen LogP contribution in [0.2, 0.25) is 0 Å². The fourth-order valence-electron chi connectivity index (χ4n) is 3.04. The van der Waals surface area contributed by atoms with E-state index in [1.807, 2.05) is 0 Å². The summed E-state index contributed by atoms with van der Waals surface area (Å²) in [5, 5.41) is 3.65. The number of anilines is 2. The first-order valence-electron chi connectivity index (χ1n) is 6.74. The summed E-state index contributed by atoms with van der Waals surface area (Å²) in [7, 11) is 2.15. The first-order chi connectivity index (χ1) is 9.10. The molecule has 1 N–H and O–H groups in total. The van der Waals surface area contributed by atoms with Crippen molar-refractivity contribution in [3.05, 3.63) is 60.2 Å². The summed E-state index contributed by atoms with van der Waals surface area (Å²) < 4.78 is 0. The quantitative estimate of drug-likeness (QED) is 0.873. The third kappa shape index (κ3) is 1.88. The van der Waals surface area contributed by atoms with Crippen LogP contribution in [0, 0.1) is 0 Å². The zero-order valence-electron chi connectivity index (χ0n) is 11.7. The van der Waals surface area contributed by atoms with E-state index < -0.39 is 0 Å². The van der Waals surface area contributed by atoms with Gasteiger partial charge in [0.25, 0.3) is 0 Å². The standard InChI is InChI=1S/C17H20N2/c1-17(2)14-11-7-8-12-15(14)18-16(17)19(3)13-9-5-4-6-10-13/h4-12,16,18H,1-3H3. The van der Waals surface area contributed by atoms with Crippen LogP contribution in [0.25, 0.3) is 0 Å². The highest BCUT2D eigenvalue weighted by Gasteiger charge is 2.41. The van der Waals surface area contributed by atoms with E-state index in [0.29, 0.717) is 0 Å². The van der Waals surface area contributed by atoms with Gasteiger partial charge in [-0.2, -0.15) is 0 Å². The van der Waals surface area contributed by atoms with Gasteiger partial charge >= 0.3 is 0 Å². The maximum atomic E-state index is 3.65. The lowest BCUT2D eigenvalue weighted by atomic mass is 9.83. The molecule has 0 radical (unpaired) electrons. The molecule has 1 aliphatic heterocycles. The van der Waals surface area contributed by atoms with Gasteiger partial charge in [0.2, 0.25) is 0 Å².